The summed E-state index contributed by atoms with van der Waals surface area (Å²) in [5.74, 6) is 2.72. The molecule has 6 aliphatic heterocycles. The van der Waals surface area contributed by atoms with Crippen molar-refractivity contribution in [3.05, 3.63) is 200 Å². The Morgan fingerprint density at radius 3 is 1.00 bits per heavy atom. The molecule has 6 saturated heterocycles. The number of pyridine rings is 2. The van der Waals surface area contributed by atoms with Gasteiger partial charge in [-0.1, -0.05) is 142 Å². The van der Waals surface area contributed by atoms with Crippen LogP contribution in [0.3, 0.4) is 0 Å². The Bertz CT molecular complexity index is 3560. The predicted octanol–water partition coefficient (Wildman–Crippen LogP) is 14.5. The second-order valence-electron chi connectivity index (χ2n) is 30.1. The van der Waals surface area contributed by atoms with Gasteiger partial charge in [0.2, 0.25) is 29.5 Å². The average molecular weight is 1510 g/mol. The van der Waals surface area contributed by atoms with Gasteiger partial charge in [-0.3, -0.25) is 48.6 Å². The third-order valence-electron chi connectivity index (χ3n) is 22.6. The van der Waals surface area contributed by atoms with Crippen molar-refractivity contribution in [3.8, 4) is 0 Å². The SMILES string of the molecule is CC(=O)N1CCC(CC(=O)N2CCN(C(c3ccc(Cl)cc3)c3ccccn3)C[C@@H]2C(C)C)CC1.CC(=O)N1CCC(CC(=O)N2CCN(C(c3ccc(Cl)cc3)c3ccccn3)C[C@@H]2C(C)C)CC1.CC[C@H]1CN(C(c2ccc(Cl)cc2)c2ccc(Cl)cc2)CCN1C(=O)CC1CCN(C(N)=O)CC1. The van der Waals surface area contributed by atoms with E-state index in [4.69, 9.17) is 52.1 Å². The number of piperidine rings is 3. The molecule has 6 aliphatic rings. The van der Waals surface area contributed by atoms with Crippen molar-refractivity contribution < 1.29 is 28.8 Å². The van der Waals surface area contributed by atoms with Crippen LogP contribution in [0.25, 0.3) is 0 Å². The van der Waals surface area contributed by atoms with Crippen LogP contribution in [0.15, 0.2) is 146 Å². The van der Waals surface area contributed by atoms with Gasteiger partial charge in [-0.05, 0) is 170 Å². The van der Waals surface area contributed by atoms with E-state index in [2.05, 4.69) is 135 Å². The summed E-state index contributed by atoms with van der Waals surface area (Å²) in [6, 6.07) is 44.4. The Morgan fingerprint density at radius 1 is 0.400 bits per heavy atom. The number of aromatic nitrogens is 2. The molecule has 18 nitrogen and oxygen atoms in total. The van der Waals surface area contributed by atoms with Crippen LogP contribution in [-0.4, -0.2) is 206 Å². The lowest BCUT2D eigenvalue weighted by atomic mass is 9.91. The Hall–Kier alpha value is -7.16. The van der Waals surface area contributed by atoms with Crippen LogP contribution in [0.1, 0.15) is 164 Å². The summed E-state index contributed by atoms with van der Waals surface area (Å²) in [6.45, 7) is 25.5. The first-order valence-electron chi connectivity index (χ1n) is 38.0. The fourth-order valence-electron chi connectivity index (χ4n) is 16.4. The maximum absolute atomic E-state index is 13.5. The largest absolute Gasteiger partial charge is 0.351 e. The fourth-order valence-corrected chi connectivity index (χ4v) is 17.0. The van der Waals surface area contributed by atoms with Gasteiger partial charge < -0.3 is 35.1 Å². The highest BCUT2D eigenvalue weighted by Gasteiger charge is 2.41. The maximum atomic E-state index is 13.5. The fraction of sp³-hybridized carbons (Fsp3) is 0.518. The van der Waals surface area contributed by atoms with Crippen molar-refractivity contribution in [1.82, 2.24) is 54.1 Å². The van der Waals surface area contributed by atoms with Crippen molar-refractivity contribution >= 4 is 82.0 Å². The summed E-state index contributed by atoms with van der Waals surface area (Å²) in [6.07, 6.45) is 11.6. The molecule has 105 heavy (non-hydrogen) atoms. The van der Waals surface area contributed by atoms with Crippen molar-refractivity contribution in [2.24, 2.45) is 35.3 Å². The Balaban J connectivity index is 0.000000169. The zero-order valence-corrected chi connectivity index (χ0v) is 65.4. The molecule has 12 rings (SSSR count). The number of urea groups is 1. The molecule has 0 radical (unpaired) electrons. The number of nitrogens with two attached hydrogens (primary N) is 1. The lowest BCUT2D eigenvalue weighted by molar-refractivity contribution is -0.140. The van der Waals surface area contributed by atoms with Gasteiger partial charge in [0.15, 0.2) is 0 Å². The van der Waals surface area contributed by atoms with Crippen molar-refractivity contribution in [3.63, 3.8) is 0 Å². The van der Waals surface area contributed by atoms with Gasteiger partial charge in [0.25, 0.3) is 0 Å². The standard InChI is InChI=1S/2C28H37ClN4O2.C27H34Cl2N4O2/c2*1-20(2)26-19-32(28(25-6-4-5-13-30-25)23-7-9-24(29)10-8-23)16-17-33(26)27(35)18-22-11-14-31(15-12-22)21(3)34;1-2-24-18-32(15-16-33(24)25(34)17-19-11-13-31(14-12-19)27(30)35)26(20-3-7-22(28)8-4-20)21-5-9-23(29)10-6-21/h2*4-10,13,20,22,26,28H,11-12,14-19H2,1-3H3;3-10,19,24,26H,2,11-18H2,1H3,(H2,30,35)/t2*26-,28?;24-/m110/s1. The first-order valence-corrected chi connectivity index (χ1v) is 39.5. The van der Waals surface area contributed by atoms with Crippen LogP contribution in [0.4, 0.5) is 4.79 Å². The van der Waals surface area contributed by atoms with E-state index in [1.54, 1.807) is 18.7 Å². The summed E-state index contributed by atoms with van der Waals surface area (Å²) >= 11 is 24.7. The van der Waals surface area contributed by atoms with Gasteiger partial charge in [-0.2, -0.15) is 0 Å². The van der Waals surface area contributed by atoms with Crippen molar-refractivity contribution in [1.29, 1.82) is 0 Å². The van der Waals surface area contributed by atoms with E-state index in [1.807, 2.05) is 95.0 Å². The molecule has 6 fully saturated rings. The van der Waals surface area contributed by atoms with Gasteiger partial charge in [0.05, 0.1) is 29.5 Å². The number of nitrogens with zero attached hydrogens (tertiary/aromatic N) is 11. The van der Waals surface area contributed by atoms with E-state index in [-0.39, 0.29) is 71.8 Å². The number of halogens is 4. The lowest BCUT2D eigenvalue weighted by Crippen LogP contribution is -2.58. The van der Waals surface area contributed by atoms with Gasteiger partial charge in [-0.25, -0.2) is 4.79 Å². The molecule has 22 heteroatoms. The first-order chi connectivity index (χ1) is 50.5. The van der Waals surface area contributed by atoms with Crippen LogP contribution in [0, 0.1) is 29.6 Å². The van der Waals surface area contributed by atoms with Crippen LogP contribution in [0.2, 0.25) is 20.1 Å². The molecule has 7 amide bonds. The molecule has 2 N–H and O–H groups in total. The van der Waals surface area contributed by atoms with Gasteiger partial charge in [0.1, 0.15) is 0 Å². The molecule has 6 aromatic rings. The van der Waals surface area contributed by atoms with Crippen molar-refractivity contribution in [2.45, 2.75) is 149 Å². The summed E-state index contributed by atoms with van der Waals surface area (Å²) in [5, 5.41) is 2.87. The molecule has 8 heterocycles. The molecule has 0 bridgehead atoms. The quantitative estimate of drug-likeness (QED) is 0.0864. The predicted molar refractivity (Wildman–Crippen MR) is 419 cm³/mol. The number of benzene rings is 4. The van der Waals surface area contributed by atoms with Crippen LogP contribution in [-0.2, 0) is 24.0 Å². The molecule has 5 atom stereocenters. The highest BCUT2D eigenvalue weighted by Crippen LogP contribution is 2.38. The second kappa shape index (κ2) is 38.6. The minimum absolute atomic E-state index is 0.0166. The molecule has 564 valence electrons. The number of hydrogen-bond acceptors (Lipinski definition) is 11. The molecule has 4 aromatic carbocycles. The monoisotopic (exact) mass is 1510 g/mol. The van der Waals surface area contributed by atoms with E-state index < -0.39 is 0 Å². The van der Waals surface area contributed by atoms with Gasteiger partial charge in [0, 0.05) is 182 Å². The van der Waals surface area contributed by atoms with E-state index in [0.29, 0.717) is 91.6 Å². The average Bonchev–Trinajstić information content (AvgIpc) is 0.810. The Kier molecular flexibility index (Phi) is 29.5. The number of rotatable bonds is 18. The zero-order valence-electron chi connectivity index (χ0n) is 62.3. The van der Waals surface area contributed by atoms with Crippen molar-refractivity contribution in [2.75, 3.05) is 98.2 Å². The summed E-state index contributed by atoms with van der Waals surface area (Å²) in [7, 11) is 0. The van der Waals surface area contributed by atoms with Crippen LogP contribution in [0.5, 0.6) is 0 Å². The van der Waals surface area contributed by atoms with Crippen LogP contribution >= 0.6 is 46.4 Å². The van der Waals surface area contributed by atoms with E-state index in [1.165, 1.54) is 11.1 Å². The second-order valence-corrected chi connectivity index (χ2v) is 31.9. The number of hydrogen-bond donors (Lipinski definition) is 1. The number of carbonyl (C=O) groups excluding carboxylic acids is 6. The zero-order chi connectivity index (χ0) is 74.8. The Labute approximate surface area is 642 Å². The molecular weight excluding hydrogens is 1400 g/mol. The van der Waals surface area contributed by atoms with Gasteiger partial charge in [-0.15, -0.1) is 0 Å². The minimum atomic E-state index is -0.368. The molecule has 0 aliphatic carbocycles. The lowest BCUT2D eigenvalue weighted by Gasteiger charge is -2.46. The summed E-state index contributed by atoms with van der Waals surface area (Å²) < 4.78 is 0. The highest BCUT2D eigenvalue weighted by molar-refractivity contribution is 6.31. The number of primary amides is 1. The highest BCUT2D eigenvalue weighted by atomic mass is 35.5. The molecular formula is C83H108Cl4N12O6. The maximum Gasteiger partial charge on any atom is 0.314 e. The normalized spacial score (nSPS) is 20.5. The van der Waals surface area contributed by atoms with E-state index >= 15 is 0 Å². The van der Waals surface area contributed by atoms with Crippen LogP contribution < -0.4 is 5.73 Å². The first kappa shape index (κ1) is 80.4. The topological polar surface area (TPSA) is 183 Å². The molecule has 2 aromatic heterocycles. The van der Waals surface area contributed by atoms with E-state index in [9.17, 15) is 28.8 Å². The third kappa shape index (κ3) is 21.8. The smallest absolute Gasteiger partial charge is 0.314 e. The molecule has 2 unspecified atom stereocenters. The molecule has 0 spiro atoms. The third-order valence-corrected chi connectivity index (χ3v) is 23.6. The Morgan fingerprint density at radius 2 is 0.705 bits per heavy atom. The number of piperazine rings is 3. The number of likely N-dealkylation sites (tertiary alicyclic amines) is 3. The van der Waals surface area contributed by atoms with E-state index in [0.717, 1.165) is 143 Å². The minimum Gasteiger partial charge on any atom is -0.351 e. The number of carbonyl (C=O) groups is 6. The summed E-state index contributed by atoms with van der Waals surface area (Å²) in [5.41, 5.74) is 12.1. The van der Waals surface area contributed by atoms with Gasteiger partial charge >= 0.3 is 6.03 Å². The molecule has 0 saturated carbocycles. The number of amides is 7. The summed E-state index contributed by atoms with van der Waals surface area (Å²) in [4.78, 5) is 103.